The second-order valence-corrected chi connectivity index (χ2v) is 8.38. The standard InChI is InChI=1S/C20H20ClN5O2S/c1-20(2,3)23-18(27)17(15-6-4-5-11-22-15)26(14-9-7-13(21)8-10-14)19(28)16-12-29-25-24-16/h4-12,17H,1-3H3,(H,23,27). The first-order valence-electron chi connectivity index (χ1n) is 8.85. The molecule has 1 atom stereocenters. The highest BCUT2D eigenvalue weighted by Crippen LogP contribution is 2.30. The van der Waals surface area contributed by atoms with Crippen molar-refractivity contribution in [3.05, 3.63) is 70.5 Å². The van der Waals surface area contributed by atoms with Crippen molar-refractivity contribution in [2.75, 3.05) is 4.90 Å². The van der Waals surface area contributed by atoms with E-state index in [9.17, 15) is 9.59 Å². The Labute approximate surface area is 177 Å². The summed E-state index contributed by atoms with van der Waals surface area (Å²) < 4.78 is 3.78. The summed E-state index contributed by atoms with van der Waals surface area (Å²) in [5, 5.41) is 8.90. The van der Waals surface area contributed by atoms with Gasteiger partial charge in [0.25, 0.3) is 5.91 Å². The first kappa shape index (κ1) is 20.9. The molecule has 1 unspecified atom stereocenters. The maximum absolute atomic E-state index is 13.4. The highest BCUT2D eigenvalue weighted by Gasteiger charge is 2.36. The quantitative estimate of drug-likeness (QED) is 0.664. The Bertz CT molecular complexity index is 972. The van der Waals surface area contributed by atoms with Gasteiger partial charge in [0.05, 0.1) is 5.69 Å². The maximum Gasteiger partial charge on any atom is 0.280 e. The zero-order valence-corrected chi connectivity index (χ0v) is 17.7. The number of hydrogen-bond donors (Lipinski definition) is 1. The van der Waals surface area contributed by atoms with E-state index in [-0.39, 0.29) is 11.6 Å². The van der Waals surface area contributed by atoms with Crippen LogP contribution >= 0.6 is 23.1 Å². The van der Waals surface area contributed by atoms with E-state index in [2.05, 4.69) is 19.9 Å². The van der Waals surface area contributed by atoms with Crippen LogP contribution in [0.2, 0.25) is 5.02 Å². The van der Waals surface area contributed by atoms with Gasteiger partial charge in [0.15, 0.2) is 11.7 Å². The van der Waals surface area contributed by atoms with Gasteiger partial charge >= 0.3 is 0 Å². The molecule has 1 N–H and O–H groups in total. The van der Waals surface area contributed by atoms with E-state index in [0.717, 1.165) is 11.5 Å². The minimum atomic E-state index is -1.01. The zero-order chi connectivity index (χ0) is 21.0. The lowest BCUT2D eigenvalue weighted by Crippen LogP contribution is -2.49. The number of halogens is 1. The van der Waals surface area contributed by atoms with Crippen LogP contribution in [0.4, 0.5) is 5.69 Å². The second kappa shape index (κ2) is 8.67. The number of aromatic nitrogens is 3. The molecule has 0 bridgehead atoms. The van der Waals surface area contributed by atoms with E-state index in [1.54, 1.807) is 54.0 Å². The fourth-order valence-corrected chi connectivity index (χ4v) is 3.28. The normalized spacial score (nSPS) is 12.3. The summed E-state index contributed by atoms with van der Waals surface area (Å²) >= 11 is 7.09. The van der Waals surface area contributed by atoms with Crippen LogP contribution < -0.4 is 10.2 Å². The molecule has 2 aromatic heterocycles. The number of carbonyl (C=O) groups excluding carboxylic acids is 2. The number of carbonyl (C=O) groups is 2. The van der Waals surface area contributed by atoms with Crippen LogP contribution in [-0.2, 0) is 4.79 Å². The van der Waals surface area contributed by atoms with Gasteiger partial charge in [0.2, 0.25) is 5.91 Å². The number of rotatable bonds is 5. The Kier molecular flexibility index (Phi) is 6.24. The molecule has 0 aliphatic carbocycles. The highest BCUT2D eigenvalue weighted by atomic mass is 35.5. The Morgan fingerprint density at radius 1 is 1.14 bits per heavy atom. The van der Waals surface area contributed by atoms with Gasteiger partial charge in [0, 0.05) is 27.8 Å². The number of nitrogens with one attached hydrogen (secondary N) is 1. The molecule has 0 radical (unpaired) electrons. The second-order valence-electron chi connectivity index (χ2n) is 7.34. The van der Waals surface area contributed by atoms with E-state index in [1.807, 2.05) is 20.8 Å². The number of nitrogens with zero attached hydrogens (tertiary/aromatic N) is 4. The molecule has 3 rings (SSSR count). The molecule has 2 amide bonds. The average molecular weight is 430 g/mol. The molecule has 0 saturated carbocycles. The highest BCUT2D eigenvalue weighted by molar-refractivity contribution is 7.03. The number of pyridine rings is 1. The SMILES string of the molecule is CC(C)(C)NC(=O)C(c1ccccn1)N(C(=O)c1csnn1)c1ccc(Cl)cc1. The fourth-order valence-electron chi connectivity index (χ4n) is 2.73. The van der Waals surface area contributed by atoms with Gasteiger partial charge in [-0.25, -0.2) is 0 Å². The third kappa shape index (κ3) is 5.16. The molecular formula is C20H20ClN5O2S. The third-order valence-electron chi connectivity index (χ3n) is 3.88. The Balaban J connectivity index is 2.15. The summed E-state index contributed by atoms with van der Waals surface area (Å²) in [5.41, 5.74) is 0.573. The predicted octanol–water partition coefficient (Wildman–Crippen LogP) is 3.89. The number of benzene rings is 1. The van der Waals surface area contributed by atoms with Crippen molar-refractivity contribution in [2.45, 2.75) is 32.4 Å². The van der Waals surface area contributed by atoms with E-state index >= 15 is 0 Å². The van der Waals surface area contributed by atoms with E-state index < -0.39 is 17.5 Å². The maximum atomic E-state index is 13.4. The van der Waals surface area contributed by atoms with Gasteiger partial charge in [-0.3, -0.25) is 19.5 Å². The Hall–Kier alpha value is -2.84. The summed E-state index contributed by atoms with van der Waals surface area (Å²) in [4.78, 5) is 32.4. The fraction of sp³-hybridized carbons (Fsp3) is 0.250. The molecule has 0 fully saturated rings. The smallest absolute Gasteiger partial charge is 0.280 e. The molecule has 29 heavy (non-hydrogen) atoms. The van der Waals surface area contributed by atoms with Crippen molar-refractivity contribution in [2.24, 2.45) is 0 Å². The largest absolute Gasteiger partial charge is 0.349 e. The monoisotopic (exact) mass is 429 g/mol. The molecule has 1 aromatic carbocycles. The lowest BCUT2D eigenvalue weighted by Gasteiger charge is -2.32. The van der Waals surface area contributed by atoms with Crippen molar-refractivity contribution in [1.29, 1.82) is 0 Å². The molecule has 0 aliphatic rings. The van der Waals surface area contributed by atoms with Crippen LogP contribution in [0, 0.1) is 0 Å². The van der Waals surface area contributed by atoms with Crippen LogP contribution in [0.25, 0.3) is 0 Å². The van der Waals surface area contributed by atoms with Crippen LogP contribution in [0.3, 0.4) is 0 Å². The summed E-state index contributed by atoms with van der Waals surface area (Å²) in [6.45, 7) is 5.62. The minimum absolute atomic E-state index is 0.148. The van der Waals surface area contributed by atoms with Crippen LogP contribution in [-0.4, -0.2) is 31.9 Å². The van der Waals surface area contributed by atoms with E-state index in [0.29, 0.717) is 16.4 Å². The van der Waals surface area contributed by atoms with Crippen molar-refractivity contribution in [3.8, 4) is 0 Å². The zero-order valence-electron chi connectivity index (χ0n) is 16.2. The summed E-state index contributed by atoms with van der Waals surface area (Å²) in [6, 6.07) is 10.9. The topological polar surface area (TPSA) is 88.1 Å². The first-order chi connectivity index (χ1) is 13.8. The molecule has 3 aromatic rings. The third-order valence-corrected chi connectivity index (χ3v) is 4.63. The van der Waals surface area contributed by atoms with Gasteiger partial charge in [-0.05, 0) is 68.7 Å². The lowest BCUT2D eigenvalue weighted by atomic mass is 10.0. The number of anilines is 1. The Morgan fingerprint density at radius 3 is 2.41 bits per heavy atom. The van der Waals surface area contributed by atoms with Gasteiger partial charge < -0.3 is 5.32 Å². The summed E-state index contributed by atoms with van der Waals surface area (Å²) in [7, 11) is 0. The van der Waals surface area contributed by atoms with Crippen LogP contribution in [0.1, 0.15) is 43.0 Å². The first-order valence-corrected chi connectivity index (χ1v) is 10.1. The molecule has 150 valence electrons. The van der Waals surface area contributed by atoms with Gasteiger partial charge in [-0.15, -0.1) is 5.10 Å². The molecule has 0 aliphatic heterocycles. The van der Waals surface area contributed by atoms with E-state index in [4.69, 9.17) is 11.6 Å². The average Bonchev–Trinajstić information content (AvgIpc) is 3.20. The Morgan fingerprint density at radius 2 is 1.86 bits per heavy atom. The predicted molar refractivity (Wildman–Crippen MR) is 113 cm³/mol. The summed E-state index contributed by atoms with van der Waals surface area (Å²) in [5.74, 6) is -0.816. The molecule has 7 nitrogen and oxygen atoms in total. The lowest BCUT2D eigenvalue weighted by molar-refractivity contribution is -0.124. The molecule has 2 heterocycles. The van der Waals surface area contributed by atoms with Gasteiger partial charge in [-0.2, -0.15) is 0 Å². The molecule has 0 spiro atoms. The number of amides is 2. The minimum Gasteiger partial charge on any atom is -0.349 e. The molecule has 9 heteroatoms. The van der Waals surface area contributed by atoms with Gasteiger partial charge in [-0.1, -0.05) is 22.2 Å². The van der Waals surface area contributed by atoms with Crippen molar-refractivity contribution in [3.63, 3.8) is 0 Å². The van der Waals surface area contributed by atoms with Crippen molar-refractivity contribution < 1.29 is 9.59 Å². The van der Waals surface area contributed by atoms with Gasteiger partial charge in [0.1, 0.15) is 0 Å². The van der Waals surface area contributed by atoms with Crippen molar-refractivity contribution in [1.82, 2.24) is 19.9 Å². The van der Waals surface area contributed by atoms with Crippen molar-refractivity contribution >= 4 is 40.6 Å². The van der Waals surface area contributed by atoms with E-state index in [1.165, 1.54) is 4.90 Å². The van der Waals surface area contributed by atoms with Crippen LogP contribution in [0.5, 0.6) is 0 Å². The molecular weight excluding hydrogens is 410 g/mol. The summed E-state index contributed by atoms with van der Waals surface area (Å²) in [6.07, 6.45) is 1.58. The van der Waals surface area contributed by atoms with Crippen LogP contribution in [0.15, 0.2) is 54.0 Å². The molecule has 0 saturated heterocycles. The number of hydrogen-bond acceptors (Lipinski definition) is 6.